The van der Waals surface area contributed by atoms with Crippen molar-refractivity contribution in [2.45, 2.75) is 6.42 Å². The summed E-state index contributed by atoms with van der Waals surface area (Å²) in [5.41, 5.74) is 0.687. The SMILES string of the molecule is COc1ccc(-c2nnc(CC(=O)O)o2)cc1Br. The van der Waals surface area contributed by atoms with E-state index < -0.39 is 5.97 Å². The molecule has 0 spiro atoms. The molecule has 2 aromatic rings. The van der Waals surface area contributed by atoms with Gasteiger partial charge in [0.05, 0.1) is 11.6 Å². The summed E-state index contributed by atoms with van der Waals surface area (Å²) in [5, 5.41) is 16.1. The molecule has 7 heteroatoms. The number of hydrogen-bond acceptors (Lipinski definition) is 5. The van der Waals surface area contributed by atoms with Crippen LogP contribution in [0.3, 0.4) is 0 Å². The summed E-state index contributed by atoms with van der Waals surface area (Å²) in [4.78, 5) is 10.5. The van der Waals surface area contributed by atoms with Crippen molar-refractivity contribution < 1.29 is 19.1 Å². The molecule has 0 unspecified atom stereocenters. The Kier molecular flexibility index (Phi) is 3.61. The van der Waals surface area contributed by atoms with E-state index in [0.29, 0.717) is 11.3 Å². The number of aliphatic carboxylic acids is 1. The van der Waals surface area contributed by atoms with E-state index in [4.69, 9.17) is 14.3 Å². The molecule has 0 atom stereocenters. The highest BCUT2D eigenvalue weighted by molar-refractivity contribution is 9.10. The molecule has 0 saturated carbocycles. The van der Waals surface area contributed by atoms with E-state index in [1.54, 1.807) is 25.3 Å². The van der Waals surface area contributed by atoms with Crippen molar-refractivity contribution >= 4 is 21.9 Å². The van der Waals surface area contributed by atoms with E-state index in [9.17, 15) is 4.79 Å². The lowest BCUT2D eigenvalue weighted by Gasteiger charge is -2.03. The molecule has 94 valence electrons. The Balaban J connectivity index is 2.28. The number of carboxylic acids is 1. The average molecular weight is 313 g/mol. The number of hydrogen-bond donors (Lipinski definition) is 1. The smallest absolute Gasteiger partial charge is 0.312 e. The first kappa shape index (κ1) is 12.6. The van der Waals surface area contributed by atoms with Crippen molar-refractivity contribution in [3.63, 3.8) is 0 Å². The second kappa shape index (κ2) is 5.18. The molecule has 1 heterocycles. The molecule has 0 amide bonds. The fraction of sp³-hybridized carbons (Fsp3) is 0.182. The summed E-state index contributed by atoms with van der Waals surface area (Å²) in [7, 11) is 1.57. The molecule has 0 saturated heterocycles. The van der Waals surface area contributed by atoms with Crippen molar-refractivity contribution in [1.82, 2.24) is 10.2 Å². The van der Waals surface area contributed by atoms with Crippen molar-refractivity contribution in [3.8, 4) is 17.2 Å². The standard InChI is InChI=1S/C11H9BrN2O4/c1-17-8-3-2-6(4-7(8)12)11-14-13-9(18-11)5-10(15)16/h2-4H,5H2,1H3,(H,15,16). The maximum atomic E-state index is 10.5. The minimum atomic E-state index is -1.01. The van der Waals surface area contributed by atoms with Gasteiger partial charge in [-0.25, -0.2) is 0 Å². The van der Waals surface area contributed by atoms with Gasteiger partial charge in [0.2, 0.25) is 11.8 Å². The minimum absolute atomic E-state index is 0.0736. The van der Waals surface area contributed by atoms with Gasteiger partial charge in [0, 0.05) is 5.56 Å². The molecule has 2 rings (SSSR count). The first-order chi connectivity index (χ1) is 8.60. The van der Waals surface area contributed by atoms with Crippen LogP contribution < -0.4 is 4.74 Å². The third-order valence-corrected chi connectivity index (χ3v) is 2.79. The van der Waals surface area contributed by atoms with Crippen LogP contribution in [0.5, 0.6) is 5.75 Å². The van der Waals surface area contributed by atoms with Crippen molar-refractivity contribution in [3.05, 3.63) is 28.6 Å². The minimum Gasteiger partial charge on any atom is -0.496 e. The second-order valence-electron chi connectivity index (χ2n) is 3.42. The molecule has 0 aliphatic rings. The van der Waals surface area contributed by atoms with Crippen LogP contribution in [-0.2, 0) is 11.2 Å². The topological polar surface area (TPSA) is 85.5 Å². The number of halogens is 1. The molecule has 0 aliphatic carbocycles. The van der Waals surface area contributed by atoms with Gasteiger partial charge in [0.1, 0.15) is 12.2 Å². The van der Waals surface area contributed by atoms with Crippen LogP contribution in [0.15, 0.2) is 27.1 Å². The van der Waals surface area contributed by atoms with Crippen LogP contribution in [-0.4, -0.2) is 28.4 Å². The van der Waals surface area contributed by atoms with E-state index >= 15 is 0 Å². The zero-order chi connectivity index (χ0) is 13.1. The van der Waals surface area contributed by atoms with Crippen LogP contribution >= 0.6 is 15.9 Å². The molecule has 6 nitrogen and oxygen atoms in total. The van der Waals surface area contributed by atoms with Crippen LogP contribution in [0.25, 0.3) is 11.5 Å². The van der Waals surface area contributed by atoms with Gasteiger partial charge >= 0.3 is 5.97 Å². The second-order valence-corrected chi connectivity index (χ2v) is 4.28. The number of carbonyl (C=O) groups is 1. The Hall–Kier alpha value is -1.89. The highest BCUT2D eigenvalue weighted by Crippen LogP contribution is 2.29. The van der Waals surface area contributed by atoms with Gasteiger partial charge in [-0.1, -0.05) is 0 Å². The van der Waals surface area contributed by atoms with E-state index in [0.717, 1.165) is 4.47 Å². The number of methoxy groups -OCH3 is 1. The predicted molar refractivity (Wildman–Crippen MR) is 65.3 cm³/mol. The third-order valence-electron chi connectivity index (χ3n) is 2.17. The highest BCUT2D eigenvalue weighted by atomic mass is 79.9. The molecule has 1 N–H and O–H groups in total. The summed E-state index contributed by atoms with van der Waals surface area (Å²) >= 11 is 3.34. The van der Waals surface area contributed by atoms with Crippen molar-refractivity contribution in [2.75, 3.05) is 7.11 Å². The van der Waals surface area contributed by atoms with Gasteiger partial charge in [0.25, 0.3) is 0 Å². The average Bonchev–Trinajstić information content (AvgIpc) is 2.76. The van der Waals surface area contributed by atoms with Crippen LogP contribution in [0.4, 0.5) is 0 Å². The maximum absolute atomic E-state index is 10.5. The van der Waals surface area contributed by atoms with E-state index in [-0.39, 0.29) is 18.2 Å². The third kappa shape index (κ3) is 2.67. The lowest BCUT2D eigenvalue weighted by molar-refractivity contribution is -0.136. The van der Waals surface area contributed by atoms with Gasteiger partial charge in [-0.2, -0.15) is 0 Å². The predicted octanol–water partition coefficient (Wildman–Crippen LogP) is 2.13. The van der Waals surface area contributed by atoms with E-state index in [1.807, 2.05) is 0 Å². The summed E-state index contributed by atoms with van der Waals surface area (Å²) in [6.45, 7) is 0. The first-order valence-corrected chi connectivity index (χ1v) is 5.77. The Labute approximate surface area is 111 Å². The van der Waals surface area contributed by atoms with E-state index in [1.165, 1.54) is 0 Å². The quantitative estimate of drug-likeness (QED) is 0.930. The number of rotatable bonds is 4. The molecule has 0 fully saturated rings. The number of benzene rings is 1. The first-order valence-electron chi connectivity index (χ1n) is 4.98. The molecular formula is C11H9BrN2O4. The van der Waals surface area contributed by atoms with Gasteiger partial charge in [-0.05, 0) is 34.1 Å². The van der Waals surface area contributed by atoms with Crippen molar-refractivity contribution in [2.24, 2.45) is 0 Å². The van der Waals surface area contributed by atoms with Gasteiger partial charge in [0.15, 0.2) is 0 Å². The van der Waals surface area contributed by atoms with Gasteiger partial charge in [-0.15, -0.1) is 10.2 Å². The van der Waals surface area contributed by atoms with Gasteiger partial charge in [-0.3, -0.25) is 4.79 Å². The summed E-state index contributed by atoms with van der Waals surface area (Å²) in [6.07, 6.45) is -0.287. The van der Waals surface area contributed by atoms with Crippen LogP contribution in [0.1, 0.15) is 5.89 Å². The summed E-state index contributed by atoms with van der Waals surface area (Å²) in [6, 6.07) is 5.26. The molecule has 0 radical (unpaired) electrons. The monoisotopic (exact) mass is 312 g/mol. The number of aromatic nitrogens is 2. The maximum Gasteiger partial charge on any atom is 0.312 e. The number of nitrogens with zero attached hydrogens (tertiary/aromatic N) is 2. The summed E-state index contributed by atoms with van der Waals surface area (Å²) in [5.74, 6) is 0.0178. The normalized spacial score (nSPS) is 10.3. The van der Waals surface area contributed by atoms with E-state index in [2.05, 4.69) is 26.1 Å². The molecule has 1 aromatic carbocycles. The zero-order valence-corrected chi connectivity index (χ0v) is 11.0. The zero-order valence-electron chi connectivity index (χ0n) is 9.38. The van der Waals surface area contributed by atoms with Crippen LogP contribution in [0, 0.1) is 0 Å². The largest absolute Gasteiger partial charge is 0.496 e. The van der Waals surface area contributed by atoms with Gasteiger partial charge < -0.3 is 14.3 Å². The molecule has 0 bridgehead atoms. The Bertz CT molecular complexity index is 582. The number of carboxylic acid groups (broad SMARTS) is 1. The fourth-order valence-corrected chi connectivity index (χ4v) is 1.91. The number of ether oxygens (including phenoxy) is 1. The lowest BCUT2D eigenvalue weighted by atomic mass is 10.2. The summed E-state index contributed by atoms with van der Waals surface area (Å²) < 4.78 is 11.1. The molecule has 1 aromatic heterocycles. The molecular weight excluding hydrogens is 304 g/mol. The fourth-order valence-electron chi connectivity index (χ4n) is 1.37. The highest BCUT2D eigenvalue weighted by Gasteiger charge is 2.12. The van der Waals surface area contributed by atoms with Crippen molar-refractivity contribution in [1.29, 1.82) is 0 Å². The Morgan fingerprint density at radius 3 is 2.89 bits per heavy atom. The lowest BCUT2D eigenvalue weighted by Crippen LogP contribution is -1.99. The Morgan fingerprint density at radius 1 is 1.50 bits per heavy atom. The molecule has 0 aliphatic heterocycles. The van der Waals surface area contributed by atoms with Crippen LogP contribution in [0.2, 0.25) is 0 Å². The molecule has 18 heavy (non-hydrogen) atoms. The Morgan fingerprint density at radius 2 is 2.28 bits per heavy atom.